The predicted molar refractivity (Wildman–Crippen MR) is 138 cm³/mol. The number of ether oxygens (including phenoxy) is 1. The van der Waals surface area contributed by atoms with Crippen molar-refractivity contribution in [2.24, 2.45) is 13.0 Å². The van der Waals surface area contributed by atoms with Crippen molar-refractivity contribution in [1.29, 1.82) is 0 Å². The average Bonchev–Trinajstić information content (AvgIpc) is 3.41. The van der Waals surface area contributed by atoms with E-state index in [9.17, 15) is 23.1 Å². The van der Waals surface area contributed by atoms with Crippen LogP contribution in [0.3, 0.4) is 0 Å². The number of rotatable bonds is 7. The second-order valence-corrected chi connectivity index (χ2v) is 9.70. The molecule has 1 aliphatic rings. The predicted octanol–water partition coefficient (Wildman–Crippen LogP) is 5.23. The van der Waals surface area contributed by atoms with E-state index in [1.807, 2.05) is 0 Å². The maximum atomic E-state index is 13.8. The van der Waals surface area contributed by atoms with Gasteiger partial charge in [-0.25, -0.2) is 9.97 Å². The quantitative estimate of drug-likeness (QED) is 0.292. The number of aliphatic hydroxyl groups is 1. The second-order valence-electron chi connectivity index (χ2n) is 9.70. The van der Waals surface area contributed by atoms with Gasteiger partial charge in [-0.2, -0.15) is 18.3 Å². The highest BCUT2D eigenvalue weighted by Crippen LogP contribution is 2.35. The van der Waals surface area contributed by atoms with Crippen LogP contribution in [0.25, 0.3) is 11.0 Å². The number of fused-ring (bicyclic) bond motifs is 1. The number of nitrogens with zero attached hydrogens (tertiary/aromatic N) is 5. The fourth-order valence-corrected chi connectivity index (χ4v) is 4.74. The van der Waals surface area contributed by atoms with Gasteiger partial charge in [-0.1, -0.05) is 0 Å². The lowest BCUT2D eigenvalue weighted by Crippen LogP contribution is -2.24. The number of nitrogens with one attached hydrogen (secondary N) is 2. The first-order valence-corrected chi connectivity index (χ1v) is 12.5. The summed E-state index contributed by atoms with van der Waals surface area (Å²) in [5.41, 5.74) is 0.459. The SMILES string of the molecule is CC(=O)Nc1cc(Oc2ccc3nc(Nc4cc(C(F)(F)F)n(CC5CCC(O)CC5)n4)n(C)c3c2)ccn1. The van der Waals surface area contributed by atoms with Crippen molar-refractivity contribution in [2.45, 2.75) is 51.4 Å². The van der Waals surface area contributed by atoms with Crippen LogP contribution >= 0.6 is 0 Å². The van der Waals surface area contributed by atoms with Crippen LogP contribution in [0.2, 0.25) is 0 Å². The van der Waals surface area contributed by atoms with Gasteiger partial charge in [0.2, 0.25) is 11.9 Å². The first-order chi connectivity index (χ1) is 18.5. The van der Waals surface area contributed by atoms with Crippen molar-refractivity contribution in [2.75, 3.05) is 10.6 Å². The minimum absolute atomic E-state index is 0.0196. The normalized spacial score (nSPS) is 17.8. The molecule has 1 saturated carbocycles. The Bertz CT molecular complexity index is 1490. The van der Waals surface area contributed by atoms with Gasteiger partial charge in [-0.05, 0) is 49.8 Å². The summed E-state index contributed by atoms with van der Waals surface area (Å²) in [6.07, 6.45) is -0.950. The van der Waals surface area contributed by atoms with Crippen molar-refractivity contribution in [3.8, 4) is 11.5 Å². The molecule has 0 atom stereocenters. The summed E-state index contributed by atoms with van der Waals surface area (Å²) in [7, 11) is 1.73. The smallest absolute Gasteiger partial charge is 0.433 e. The summed E-state index contributed by atoms with van der Waals surface area (Å²) < 4.78 is 50.0. The Morgan fingerprint density at radius 3 is 2.56 bits per heavy atom. The van der Waals surface area contributed by atoms with E-state index in [-0.39, 0.29) is 30.3 Å². The van der Waals surface area contributed by atoms with Gasteiger partial charge in [0, 0.05) is 44.9 Å². The van der Waals surface area contributed by atoms with Gasteiger partial charge < -0.3 is 25.0 Å². The molecule has 3 aromatic heterocycles. The molecule has 1 amide bonds. The molecule has 3 N–H and O–H groups in total. The van der Waals surface area contributed by atoms with Gasteiger partial charge in [-0.15, -0.1) is 0 Å². The van der Waals surface area contributed by atoms with Crippen molar-refractivity contribution in [1.82, 2.24) is 24.3 Å². The fraction of sp³-hybridized carbons (Fsp3) is 0.385. The fourth-order valence-electron chi connectivity index (χ4n) is 4.74. The summed E-state index contributed by atoms with van der Waals surface area (Å²) in [4.78, 5) is 19.9. The topological polar surface area (TPSA) is 119 Å². The largest absolute Gasteiger partial charge is 0.457 e. The Labute approximate surface area is 221 Å². The number of halogens is 3. The zero-order valence-electron chi connectivity index (χ0n) is 21.4. The molecule has 5 rings (SSSR count). The number of aryl methyl sites for hydroxylation is 1. The lowest BCUT2D eigenvalue weighted by molar-refractivity contribution is -0.144. The Morgan fingerprint density at radius 1 is 1.10 bits per heavy atom. The molecule has 4 aromatic rings. The molecule has 0 unspecified atom stereocenters. The lowest BCUT2D eigenvalue weighted by atomic mass is 9.87. The zero-order valence-corrected chi connectivity index (χ0v) is 21.4. The molecule has 39 heavy (non-hydrogen) atoms. The zero-order chi connectivity index (χ0) is 27.7. The minimum Gasteiger partial charge on any atom is -0.457 e. The molecule has 0 spiro atoms. The van der Waals surface area contributed by atoms with Crippen LogP contribution in [0, 0.1) is 5.92 Å². The third-order valence-electron chi connectivity index (χ3n) is 6.68. The minimum atomic E-state index is -4.56. The number of anilines is 3. The highest BCUT2D eigenvalue weighted by molar-refractivity contribution is 5.87. The standard InChI is InChI=1S/C26H28F3N7O3/c1-15(37)31-23-12-19(9-10-30-23)39-18-7-8-20-21(11-18)35(2)25(32-20)33-24-13-22(26(27,28)29)36(34-24)14-16-3-5-17(38)6-4-16/h7-13,16-17,38H,3-6,14H2,1-2H3,(H,30,31,37)(H,32,33,34). The first-order valence-electron chi connectivity index (χ1n) is 12.5. The van der Waals surface area contributed by atoms with E-state index in [1.54, 1.807) is 41.9 Å². The number of aromatic nitrogens is 5. The molecule has 206 valence electrons. The average molecular weight is 544 g/mol. The third kappa shape index (κ3) is 6.14. The molecule has 0 saturated heterocycles. The number of aliphatic hydroxyl groups excluding tert-OH is 1. The second kappa shape index (κ2) is 10.6. The van der Waals surface area contributed by atoms with Crippen LogP contribution in [0.4, 0.5) is 30.8 Å². The van der Waals surface area contributed by atoms with E-state index < -0.39 is 11.9 Å². The number of amides is 1. The molecule has 0 aliphatic heterocycles. The van der Waals surface area contributed by atoms with Gasteiger partial charge in [0.25, 0.3) is 0 Å². The Kier molecular flexibility index (Phi) is 7.17. The van der Waals surface area contributed by atoms with Crippen LogP contribution in [-0.4, -0.2) is 41.4 Å². The number of benzene rings is 1. The van der Waals surface area contributed by atoms with Gasteiger partial charge in [0.1, 0.15) is 23.0 Å². The Morgan fingerprint density at radius 2 is 1.85 bits per heavy atom. The molecule has 1 fully saturated rings. The highest BCUT2D eigenvalue weighted by Gasteiger charge is 2.37. The number of carbonyl (C=O) groups is 1. The molecule has 1 aromatic carbocycles. The highest BCUT2D eigenvalue weighted by atomic mass is 19.4. The molecule has 0 radical (unpaired) electrons. The summed E-state index contributed by atoms with van der Waals surface area (Å²) in [6.45, 7) is 1.51. The summed E-state index contributed by atoms with van der Waals surface area (Å²) in [6, 6.07) is 9.44. The number of alkyl halides is 3. The Balaban J connectivity index is 1.36. The molecular weight excluding hydrogens is 515 g/mol. The summed E-state index contributed by atoms with van der Waals surface area (Å²) in [5.74, 6) is 1.44. The molecule has 0 bridgehead atoms. The molecular formula is C26H28F3N7O3. The van der Waals surface area contributed by atoms with E-state index in [2.05, 4.69) is 25.7 Å². The van der Waals surface area contributed by atoms with Crippen molar-refractivity contribution < 1.29 is 27.8 Å². The van der Waals surface area contributed by atoms with E-state index in [0.29, 0.717) is 60.0 Å². The van der Waals surface area contributed by atoms with Crippen LogP contribution in [0.1, 0.15) is 38.3 Å². The van der Waals surface area contributed by atoms with E-state index >= 15 is 0 Å². The third-order valence-corrected chi connectivity index (χ3v) is 6.68. The maximum Gasteiger partial charge on any atom is 0.433 e. The van der Waals surface area contributed by atoms with Crippen LogP contribution in [0.5, 0.6) is 11.5 Å². The number of imidazole rings is 1. The first kappa shape index (κ1) is 26.5. The Hall–Kier alpha value is -4.13. The molecule has 13 heteroatoms. The number of carbonyl (C=O) groups excluding carboxylic acids is 1. The monoisotopic (exact) mass is 543 g/mol. The van der Waals surface area contributed by atoms with Crippen LogP contribution < -0.4 is 15.4 Å². The maximum absolute atomic E-state index is 13.8. The van der Waals surface area contributed by atoms with E-state index in [4.69, 9.17) is 4.74 Å². The van der Waals surface area contributed by atoms with Gasteiger partial charge in [0.15, 0.2) is 5.82 Å². The van der Waals surface area contributed by atoms with Crippen molar-refractivity contribution in [3.05, 3.63) is 48.3 Å². The van der Waals surface area contributed by atoms with Gasteiger partial charge >= 0.3 is 6.18 Å². The number of hydrogen-bond acceptors (Lipinski definition) is 7. The van der Waals surface area contributed by atoms with E-state index in [0.717, 1.165) is 10.7 Å². The summed E-state index contributed by atoms with van der Waals surface area (Å²) in [5, 5.41) is 19.4. The van der Waals surface area contributed by atoms with Gasteiger partial charge in [-0.3, -0.25) is 9.48 Å². The molecule has 10 nitrogen and oxygen atoms in total. The molecule has 3 heterocycles. The number of hydrogen-bond donors (Lipinski definition) is 3. The van der Waals surface area contributed by atoms with Gasteiger partial charge in [0.05, 0.1) is 17.1 Å². The lowest BCUT2D eigenvalue weighted by Gasteiger charge is -2.25. The molecule has 1 aliphatic carbocycles. The van der Waals surface area contributed by atoms with E-state index in [1.165, 1.54) is 13.1 Å². The number of pyridine rings is 1. The van der Waals surface area contributed by atoms with Crippen molar-refractivity contribution in [3.63, 3.8) is 0 Å². The van der Waals surface area contributed by atoms with Crippen molar-refractivity contribution >= 4 is 34.5 Å². The summed E-state index contributed by atoms with van der Waals surface area (Å²) >= 11 is 0. The van der Waals surface area contributed by atoms with Crippen LogP contribution in [0.15, 0.2) is 42.6 Å². The van der Waals surface area contributed by atoms with Crippen LogP contribution in [-0.2, 0) is 24.6 Å².